The largest absolute Gasteiger partial charge is 0.496 e. The number of nitrogens with zero attached hydrogens (tertiary/aromatic N) is 2. The number of rotatable bonds is 8. The molecule has 0 N–H and O–H groups in total. The maximum atomic E-state index is 6.97. The Morgan fingerprint density at radius 1 is 0.510 bits per heavy atom. The zero-order chi connectivity index (χ0) is 34.1. The van der Waals surface area contributed by atoms with Crippen molar-refractivity contribution in [3.8, 4) is 68.2 Å². The summed E-state index contributed by atoms with van der Waals surface area (Å²) in [5.41, 5.74) is 11.6. The predicted octanol–water partition coefficient (Wildman–Crippen LogP) is 7.03. The van der Waals surface area contributed by atoms with Gasteiger partial charge in [-0.2, -0.15) is 0 Å². The minimum atomic E-state index is 0.154. The lowest BCUT2D eigenvalue weighted by atomic mass is 9.76. The fourth-order valence-corrected chi connectivity index (χ4v) is 8.79. The van der Waals surface area contributed by atoms with Crippen LogP contribution in [0.1, 0.15) is 45.5 Å². The number of methoxy groups -OCH3 is 6. The van der Waals surface area contributed by atoms with Gasteiger partial charge in [-0.15, -0.1) is 0 Å². The third-order valence-electron chi connectivity index (χ3n) is 11.2. The lowest BCUT2D eigenvalue weighted by Crippen LogP contribution is -2.36. The lowest BCUT2D eigenvalue weighted by molar-refractivity contribution is 0.225. The van der Waals surface area contributed by atoms with Crippen molar-refractivity contribution < 1.29 is 33.2 Å². The van der Waals surface area contributed by atoms with Gasteiger partial charge in [0, 0.05) is 47.4 Å². The molecule has 256 valence electrons. The van der Waals surface area contributed by atoms with Crippen LogP contribution in [0.25, 0.3) is 22.3 Å². The number of benzene rings is 4. The first-order chi connectivity index (χ1) is 23.8. The van der Waals surface area contributed by atoms with Crippen LogP contribution in [0.5, 0.6) is 46.0 Å². The molecule has 0 aromatic heterocycles. The van der Waals surface area contributed by atoms with Gasteiger partial charge in [0.25, 0.3) is 0 Å². The van der Waals surface area contributed by atoms with Crippen LogP contribution in [0.3, 0.4) is 0 Å². The molecule has 2 aliphatic heterocycles. The molecule has 4 aliphatic rings. The molecule has 8 rings (SSSR count). The van der Waals surface area contributed by atoms with Gasteiger partial charge in [-0.05, 0) is 110 Å². The van der Waals surface area contributed by atoms with E-state index in [0.717, 1.165) is 95.3 Å². The van der Waals surface area contributed by atoms with Gasteiger partial charge in [0.1, 0.15) is 11.5 Å². The Morgan fingerprint density at radius 2 is 1.04 bits per heavy atom. The van der Waals surface area contributed by atoms with E-state index in [0.29, 0.717) is 17.2 Å². The van der Waals surface area contributed by atoms with E-state index in [1.807, 2.05) is 12.1 Å². The standard InChI is InChI=1S/C40H44N2O7/c1-41-13-11-21-16-32(45-5)39(47-7)37-24-20-30(44-4)31(18-23(24)15-26(41)34(21)37)49-28-9-10-29(43-3)36-25(28)19-27-35-22(12-14-42(27)2)17-33(46-6)40(48-8)38(35)36/h9-10,16-18,20,26-27H,11-15,19H2,1-8H3/t26-,27+/m0/s1. The molecular formula is C40H44N2O7. The Morgan fingerprint density at radius 3 is 1.63 bits per heavy atom. The van der Waals surface area contributed by atoms with Gasteiger partial charge in [-0.25, -0.2) is 0 Å². The molecule has 9 heteroatoms. The summed E-state index contributed by atoms with van der Waals surface area (Å²) in [6, 6.07) is 12.9. The second-order valence-electron chi connectivity index (χ2n) is 13.4. The van der Waals surface area contributed by atoms with Gasteiger partial charge >= 0.3 is 0 Å². The molecule has 49 heavy (non-hydrogen) atoms. The topological polar surface area (TPSA) is 71.1 Å². The number of likely N-dealkylation sites (N-methyl/N-ethyl adjacent to an activating group) is 2. The van der Waals surface area contributed by atoms with Gasteiger partial charge in [0.15, 0.2) is 34.5 Å². The molecule has 0 radical (unpaired) electrons. The molecule has 2 atom stereocenters. The zero-order valence-electron chi connectivity index (χ0n) is 29.6. The molecular weight excluding hydrogens is 620 g/mol. The second kappa shape index (κ2) is 12.1. The molecule has 2 aliphatic carbocycles. The maximum Gasteiger partial charge on any atom is 0.169 e. The van der Waals surface area contributed by atoms with E-state index >= 15 is 0 Å². The summed E-state index contributed by atoms with van der Waals surface area (Å²) in [4.78, 5) is 4.87. The monoisotopic (exact) mass is 664 g/mol. The van der Waals surface area contributed by atoms with Crippen LogP contribution >= 0.6 is 0 Å². The highest BCUT2D eigenvalue weighted by molar-refractivity contribution is 5.89. The Hall–Kier alpha value is -4.60. The van der Waals surface area contributed by atoms with Gasteiger partial charge in [0.05, 0.1) is 42.7 Å². The third kappa shape index (κ3) is 4.66. The number of hydrogen-bond acceptors (Lipinski definition) is 9. The molecule has 0 unspecified atom stereocenters. The van der Waals surface area contributed by atoms with Crippen molar-refractivity contribution >= 4 is 0 Å². The highest BCUT2D eigenvalue weighted by atomic mass is 16.5. The Kier molecular flexibility index (Phi) is 7.80. The maximum absolute atomic E-state index is 6.97. The molecule has 0 bridgehead atoms. The number of fused-ring (bicyclic) bond motifs is 4. The van der Waals surface area contributed by atoms with Crippen molar-refractivity contribution in [2.75, 3.05) is 69.8 Å². The van der Waals surface area contributed by atoms with E-state index in [9.17, 15) is 0 Å². The molecule has 2 heterocycles. The fraction of sp³-hybridized carbons (Fsp3) is 0.400. The average molecular weight is 665 g/mol. The quantitative estimate of drug-likeness (QED) is 0.197. The summed E-state index contributed by atoms with van der Waals surface area (Å²) < 4.78 is 42.9. The van der Waals surface area contributed by atoms with Crippen molar-refractivity contribution in [3.63, 3.8) is 0 Å². The minimum absolute atomic E-state index is 0.154. The smallest absolute Gasteiger partial charge is 0.169 e. The summed E-state index contributed by atoms with van der Waals surface area (Å²) in [7, 11) is 14.6. The molecule has 0 saturated carbocycles. The fourth-order valence-electron chi connectivity index (χ4n) is 8.79. The third-order valence-corrected chi connectivity index (χ3v) is 11.2. The van der Waals surface area contributed by atoms with Gasteiger partial charge in [-0.3, -0.25) is 9.80 Å². The average Bonchev–Trinajstić information content (AvgIpc) is 3.13. The van der Waals surface area contributed by atoms with Crippen LogP contribution in [-0.2, 0) is 25.7 Å². The van der Waals surface area contributed by atoms with Crippen molar-refractivity contribution in [3.05, 3.63) is 69.8 Å². The highest BCUT2D eigenvalue weighted by Gasteiger charge is 2.40. The molecule has 4 aromatic rings. The van der Waals surface area contributed by atoms with Crippen LogP contribution in [0.2, 0.25) is 0 Å². The van der Waals surface area contributed by atoms with E-state index in [4.69, 9.17) is 33.2 Å². The first-order valence-corrected chi connectivity index (χ1v) is 16.9. The molecule has 0 fully saturated rings. The van der Waals surface area contributed by atoms with Crippen LogP contribution < -0.4 is 33.2 Å². The number of ether oxygens (including phenoxy) is 7. The van der Waals surface area contributed by atoms with E-state index in [1.54, 1.807) is 42.7 Å². The normalized spacial score (nSPS) is 18.8. The summed E-state index contributed by atoms with van der Waals surface area (Å²) >= 11 is 0. The van der Waals surface area contributed by atoms with Gasteiger partial charge in [0.2, 0.25) is 0 Å². The van der Waals surface area contributed by atoms with Gasteiger partial charge in [-0.1, -0.05) is 0 Å². The molecule has 4 aromatic carbocycles. The minimum Gasteiger partial charge on any atom is -0.496 e. The molecule has 9 nitrogen and oxygen atoms in total. The van der Waals surface area contributed by atoms with E-state index in [2.05, 4.69) is 48.2 Å². The Balaban J connectivity index is 1.31. The van der Waals surface area contributed by atoms with Gasteiger partial charge < -0.3 is 33.2 Å². The predicted molar refractivity (Wildman–Crippen MR) is 189 cm³/mol. The van der Waals surface area contributed by atoms with Crippen LogP contribution in [0, 0.1) is 0 Å². The Labute approximate surface area is 288 Å². The van der Waals surface area contributed by atoms with Crippen molar-refractivity contribution in [1.82, 2.24) is 9.80 Å². The van der Waals surface area contributed by atoms with E-state index < -0.39 is 0 Å². The van der Waals surface area contributed by atoms with Crippen LogP contribution in [0.4, 0.5) is 0 Å². The van der Waals surface area contributed by atoms with Crippen molar-refractivity contribution in [1.29, 1.82) is 0 Å². The van der Waals surface area contributed by atoms with Crippen LogP contribution in [0.15, 0.2) is 36.4 Å². The Bertz CT molecular complexity index is 1990. The summed E-state index contributed by atoms with van der Waals surface area (Å²) in [5.74, 6) is 5.78. The van der Waals surface area contributed by atoms with E-state index in [-0.39, 0.29) is 12.1 Å². The van der Waals surface area contributed by atoms with E-state index in [1.165, 1.54) is 27.8 Å². The second-order valence-corrected chi connectivity index (χ2v) is 13.4. The summed E-state index contributed by atoms with van der Waals surface area (Å²) in [5, 5.41) is 0. The molecule has 0 saturated heterocycles. The highest BCUT2D eigenvalue weighted by Crippen LogP contribution is 2.58. The van der Waals surface area contributed by atoms with Crippen molar-refractivity contribution in [2.45, 2.75) is 37.8 Å². The number of hydrogen-bond donors (Lipinski definition) is 0. The van der Waals surface area contributed by atoms with Crippen LogP contribution in [-0.4, -0.2) is 79.6 Å². The lowest BCUT2D eigenvalue weighted by Gasteiger charge is -2.41. The molecule has 0 spiro atoms. The first kappa shape index (κ1) is 31.7. The van der Waals surface area contributed by atoms with Crippen molar-refractivity contribution in [2.24, 2.45) is 0 Å². The first-order valence-electron chi connectivity index (χ1n) is 16.9. The molecule has 0 amide bonds. The SMILES string of the molecule is COc1cc2c(cc1Oc1ccc(OC)c3c1C[C@@H]1c4c(cc(OC)c(OC)c4-3)CCN1C)C[C@H]1c3c(cc(OC)c(OC)c3-2)CCN1C. The zero-order valence-corrected chi connectivity index (χ0v) is 29.6. The summed E-state index contributed by atoms with van der Waals surface area (Å²) in [6.07, 6.45) is 3.51. The summed E-state index contributed by atoms with van der Waals surface area (Å²) in [6.45, 7) is 1.93.